The van der Waals surface area contributed by atoms with E-state index in [0.29, 0.717) is 0 Å². The molecule has 1 unspecified atom stereocenters. The summed E-state index contributed by atoms with van der Waals surface area (Å²) in [4.78, 5) is 3.97. The Balaban J connectivity index is 2.21. The van der Waals surface area contributed by atoms with Crippen LogP contribution >= 0.6 is 0 Å². The van der Waals surface area contributed by atoms with Gasteiger partial charge < -0.3 is 5.32 Å². The Hall–Kier alpha value is -1.22. The molecule has 1 heterocycles. The first kappa shape index (κ1) is 13.2. The van der Waals surface area contributed by atoms with E-state index in [1.54, 1.807) is 12.3 Å². The maximum atomic E-state index is 13.3. The lowest BCUT2D eigenvalue weighted by atomic mass is 9.90. The zero-order valence-electron chi connectivity index (χ0n) is 11.0. The molecule has 1 aliphatic rings. The molecular formula is C15H21FN2. The lowest BCUT2D eigenvalue weighted by molar-refractivity contribution is 0.539. The van der Waals surface area contributed by atoms with Gasteiger partial charge in [0.25, 0.3) is 0 Å². The van der Waals surface area contributed by atoms with Gasteiger partial charge in [-0.25, -0.2) is 4.39 Å². The molecule has 0 radical (unpaired) electrons. The molecule has 2 rings (SSSR count). The summed E-state index contributed by atoms with van der Waals surface area (Å²) >= 11 is 0. The van der Waals surface area contributed by atoms with E-state index in [2.05, 4.69) is 23.3 Å². The van der Waals surface area contributed by atoms with Crippen LogP contribution in [0.1, 0.15) is 50.6 Å². The third-order valence-electron chi connectivity index (χ3n) is 3.35. The molecular weight excluding hydrogens is 227 g/mol. The third kappa shape index (κ3) is 3.39. The van der Waals surface area contributed by atoms with E-state index in [0.717, 1.165) is 31.4 Å². The molecule has 1 atom stereocenters. The fourth-order valence-corrected chi connectivity index (χ4v) is 2.46. The third-order valence-corrected chi connectivity index (χ3v) is 3.35. The van der Waals surface area contributed by atoms with Gasteiger partial charge in [0.05, 0.1) is 12.2 Å². The summed E-state index contributed by atoms with van der Waals surface area (Å²) in [6.07, 6.45) is 11.2. The molecule has 18 heavy (non-hydrogen) atoms. The monoisotopic (exact) mass is 248 g/mol. The van der Waals surface area contributed by atoms with Gasteiger partial charge >= 0.3 is 0 Å². The van der Waals surface area contributed by atoms with Gasteiger partial charge in [-0.3, -0.25) is 4.98 Å². The van der Waals surface area contributed by atoms with Crippen LogP contribution in [0.2, 0.25) is 0 Å². The SMILES string of the molecule is CCCNC(C1=CCCCC1)c1cncc(F)c1. The van der Waals surface area contributed by atoms with Crippen molar-refractivity contribution in [3.8, 4) is 0 Å². The number of rotatable bonds is 5. The Morgan fingerprint density at radius 3 is 2.94 bits per heavy atom. The van der Waals surface area contributed by atoms with E-state index < -0.39 is 0 Å². The van der Waals surface area contributed by atoms with Gasteiger partial charge in [0, 0.05) is 6.20 Å². The Labute approximate surface area is 108 Å². The number of halogens is 1. The first-order valence-electron chi connectivity index (χ1n) is 6.84. The number of hydrogen-bond acceptors (Lipinski definition) is 2. The summed E-state index contributed by atoms with van der Waals surface area (Å²) in [7, 11) is 0. The van der Waals surface area contributed by atoms with Crippen molar-refractivity contribution < 1.29 is 4.39 Å². The summed E-state index contributed by atoms with van der Waals surface area (Å²) in [5, 5.41) is 3.51. The van der Waals surface area contributed by atoms with Crippen molar-refractivity contribution in [2.24, 2.45) is 0 Å². The van der Waals surface area contributed by atoms with Gasteiger partial charge in [-0.1, -0.05) is 18.6 Å². The Morgan fingerprint density at radius 1 is 1.39 bits per heavy atom. The quantitative estimate of drug-likeness (QED) is 0.802. The van der Waals surface area contributed by atoms with Crippen molar-refractivity contribution in [3.63, 3.8) is 0 Å². The van der Waals surface area contributed by atoms with Crippen LogP contribution < -0.4 is 5.32 Å². The minimum absolute atomic E-state index is 0.133. The van der Waals surface area contributed by atoms with Gasteiger partial charge in [-0.15, -0.1) is 0 Å². The molecule has 1 aromatic heterocycles. The number of nitrogens with zero attached hydrogens (tertiary/aromatic N) is 1. The number of nitrogens with one attached hydrogen (secondary N) is 1. The van der Waals surface area contributed by atoms with Crippen molar-refractivity contribution in [2.75, 3.05) is 6.54 Å². The standard InChI is InChI=1S/C15H21FN2/c1-2-8-18-15(12-6-4-3-5-7-12)13-9-14(16)11-17-10-13/h6,9-11,15,18H,2-5,7-8H2,1H3. The second-order valence-electron chi connectivity index (χ2n) is 4.85. The normalized spacial score (nSPS) is 17.3. The molecule has 0 saturated carbocycles. The van der Waals surface area contributed by atoms with Gasteiger partial charge in [0.2, 0.25) is 0 Å². The Morgan fingerprint density at radius 2 is 2.28 bits per heavy atom. The van der Waals surface area contributed by atoms with Crippen LogP contribution in [-0.2, 0) is 0 Å². The van der Waals surface area contributed by atoms with Crippen molar-refractivity contribution in [2.45, 2.75) is 45.1 Å². The van der Waals surface area contributed by atoms with E-state index in [1.165, 1.54) is 24.6 Å². The Bertz CT molecular complexity index is 415. The number of pyridine rings is 1. The fraction of sp³-hybridized carbons (Fsp3) is 0.533. The highest BCUT2D eigenvalue weighted by molar-refractivity contribution is 5.27. The lowest BCUT2D eigenvalue weighted by Gasteiger charge is -2.24. The van der Waals surface area contributed by atoms with E-state index in [4.69, 9.17) is 0 Å². The van der Waals surface area contributed by atoms with Crippen molar-refractivity contribution in [1.82, 2.24) is 10.3 Å². The molecule has 0 amide bonds. The number of hydrogen-bond donors (Lipinski definition) is 1. The largest absolute Gasteiger partial charge is 0.306 e. The highest BCUT2D eigenvalue weighted by atomic mass is 19.1. The van der Waals surface area contributed by atoms with Gasteiger partial charge in [-0.05, 0) is 50.3 Å². The highest BCUT2D eigenvalue weighted by Gasteiger charge is 2.18. The van der Waals surface area contributed by atoms with Crippen molar-refractivity contribution >= 4 is 0 Å². The van der Waals surface area contributed by atoms with Crippen LogP contribution in [-0.4, -0.2) is 11.5 Å². The predicted molar refractivity (Wildman–Crippen MR) is 71.8 cm³/mol. The first-order valence-corrected chi connectivity index (χ1v) is 6.84. The van der Waals surface area contributed by atoms with Crippen molar-refractivity contribution in [3.05, 3.63) is 41.5 Å². The fourth-order valence-electron chi connectivity index (χ4n) is 2.46. The van der Waals surface area contributed by atoms with Gasteiger partial charge in [0.1, 0.15) is 5.82 Å². The topological polar surface area (TPSA) is 24.9 Å². The van der Waals surface area contributed by atoms with Crippen LogP contribution in [0.15, 0.2) is 30.1 Å². The highest BCUT2D eigenvalue weighted by Crippen LogP contribution is 2.29. The summed E-state index contributed by atoms with van der Waals surface area (Å²) in [6.45, 7) is 3.08. The molecule has 0 aliphatic heterocycles. The Kier molecular flexibility index (Phi) is 4.88. The number of allylic oxidation sites excluding steroid dienone is 1. The molecule has 1 N–H and O–H groups in total. The van der Waals surface area contributed by atoms with E-state index >= 15 is 0 Å². The van der Waals surface area contributed by atoms with Gasteiger partial charge in [-0.2, -0.15) is 0 Å². The molecule has 0 saturated heterocycles. The smallest absolute Gasteiger partial charge is 0.141 e. The van der Waals surface area contributed by atoms with Crippen LogP contribution in [0.25, 0.3) is 0 Å². The second kappa shape index (κ2) is 6.64. The molecule has 0 aromatic carbocycles. The minimum atomic E-state index is -0.257. The van der Waals surface area contributed by atoms with Crippen molar-refractivity contribution in [1.29, 1.82) is 0 Å². The van der Waals surface area contributed by atoms with Crippen LogP contribution in [0.4, 0.5) is 4.39 Å². The maximum Gasteiger partial charge on any atom is 0.141 e. The second-order valence-corrected chi connectivity index (χ2v) is 4.85. The maximum absolute atomic E-state index is 13.3. The predicted octanol–water partition coefficient (Wildman–Crippen LogP) is 3.76. The summed E-state index contributed by atoms with van der Waals surface area (Å²) in [5.74, 6) is -0.257. The summed E-state index contributed by atoms with van der Waals surface area (Å²) < 4.78 is 13.3. The summed E-state index contributed by atoms with van der Waals surface area (Å²) in [6, 6.07) is 1.73. The van der Waals surface area contributed by atoms with E-state index in [1.807, 2.05) is 0 Å². The average molecular weight is 248 g/mol. The molecule has 0 fully saturated rings. The number of aromatic nitrogens is 1. The summed E-state index contributed by atoms with van der Waals surface area (Å²) in [5.41, 5.74) is 2.33. The minimum Gasteiger partial charge on any atom is -0.306 e. The average Bonchev–Trinajstić information content (AvgIpc) is 2.40. The molecule has 2 nitrogen and oxygen atoms in total. The van der Waals surface area contributed by atoms with Gasteiger partial charge in [0.15, 0.2) is 0 Å². The van der Waals surface area contributed by atoms with Crippen LogP contribution in [0.5, 0.6) is 0 Å². The molecule has 3 heteroatoms. The molecule has 1 aromatic rings. The molecule has 98 valence electrons. The zero-order valence-corrected chi connectivity index (χ0v) is 11.0. The lowest BCUT2D eigenvalue weighted by Crippen LogP contribution is -2.25. The van der Waals surface area contributed by atoms with Crippen LogP contribution in [0, 0.1) is 5.82 Å². The molecule has 1 aliphatic carbocycles. The van der Waals surface area contributed by atoms with Crippen LogP contribution in [0.3, 0.4) is 0 Å². The zero-order chi connectivity index (χ0) is 12.8. The van der Waals surface area contributed by atoms with E-state index in [-0.39, 0.29) is 11.9 Å². The molecule has 0 spiro atoms. The first-order chi connectivity index (χ1) is 8.81. The molecule has 0 bridgehead atoms. The van der Waals surface area contributed by atoms with E-state index in [9.17, 15) is 4.39 Å².